The molecule has 1 atom stereocenters. The molecule has 0 spiro atoms. The van der Waals surface area contributed by atoms with E-state index in [1.54, 1.807) is 6.07 Å². The van der Waals surface area contributed by atoms with Crippen molar-refractivity contribution in [3.8, 4) is 0 Å². The van der Waals surface area contributed by atoms with Crippen LogP contribution in [0.2, 0.25) is 0 Å². The van der Waals surface area contributed by atoms with Gasteiger partial charge in [0.2, 0.25) is 0 Å². The Kier molecular flexibility index (Phi) is 7.72. The van der Waals surface area contributed by atoms with Gasteiger partial charge in [0, 0.05) is 17.8 Å². The minimum atomic E-state index is -2.53. The normalized spacial score (nSPS) is 12.2. The third-order valence-electron chi connectivity index (χ3n) is 3.49. The molecule has 1 rings (SSSR count). The van der Waals surface area contributed by atoms with Crippen molar-refractivity contribution in [3.63, 3.8) is 0 Å². The van der Waals surface area contributed by atoms with Crippen molar-refractivity contribution in [2.24, 2.45) is 5.92 Å². The lowest BCUT2D eigenvalue weighted by atomic mass is 9.99. The van der Waals surface area contributed by atoms with Crippen LogP contribution in [-0.4, -0.2) is 12.6 Å². The predicted octanol–water partition coefficient (Wildman–Crippen LogP) is 4.96. The van der Waals surface area contributed by atoms with Gasteiger partial charge in [0.15, 0.2) is 0 Å². The molecule has 0 bridgehead atoms. The molecule has 3 nitrogen and oxygen atoms in total. The van der Waals surface area contributed by atoms with Gasteiger partial charge in [-0.05, 0) is 24.5 Å². The van der Waals surface area contributed by atoms with Crippen LogP contribution in [-0.2, 0) is 0 Å². The highest BCUT2D eigenvalue weighted by Crippen LogP contribution is 2.21. The van der Waals surface area contributed by atoms with Crippen LogP contribution in [0.15, 0.2) is 24.3 Å². The molecule has 2 amide bonds. The van der Waals surface area contributed by atoms with E-state index < -0.39 is 6.43 Å². The molecule has 1 unspecified atom stereocenters. The maximum absolute atomic E-state index is 12.6. The van der Waals surface area contributed by atoms with Crippen LogP contribution in [0.4, 0.5) is 19.3 Å². The first-order chi connectivity index (χ1) is 10.1. The van der Waals surface area contributed by atoms with E-state index in [2.05, 4.69) is 24.5 Å². The average Bonchev–Trinajstić information content (AvgIpc) is 2.47. The van der Waals surface area contributed by atoms with E-state index in [0.29, 0.717) is 18.2 Å². The zero-order valence-corrected chi connectivity index (χ0v) is 12.7. The Balaban J connectivity index is 2.44. The largest absolute Gasteiger partial charge is 0.338 e. The van der Waals surface area contributed by atoms with Crippen LogP contribution >= 0.6 is 0 Å². The van der Waals surface area contributed by atoms with Crippen molar-refractivity contribution in [1.82, 2.24) is 5.32 Å². The third-order valence-corrected chi connectivity index (χ3v) is 3.49. The summed E-state index contributed by atoms with van der Waals surface area (Å²) in [7, 11) is 0. The topological polar surface area (TPSA) is 41.1 Å². The van der Waals surface area contributed by atoms with Gasteiger partial charge in [-0.1, -0.05) is 45.2 Å². The number of amides is 2. The fraction of sp³-hybridized carbons (Fsp3) is 0.562. The molecule has 0 aliphatic rings. The van der Waals surface area contributed by atoms with Gasteiger partial charge in [-0.2, -0.15) is 0 Å². The molecule has 0 saturated heterocycles. The van der Waals surface area contributed by atoms with E-state index >= 15 is 0 Å². The summed E-state index contributed by atoms with van der Waals surface area (Å²) in [5, 5.41) is 5.39. The number of rotatable bonds is 8. The summed E-state index contributed by atoms with van der Waals surface area (Å²) in [6.45, 7) is 4.85. The van der Waals surface area contributed by atoms with Crippen molar-refractivity contribution in [2.75, 3.05) is 11.9 Å². The summed E-state index contributed by atoms with van der Waals surface area (Å²) in [5.74, 6) is 0.461. The summed E-state index contributed by atoms with van der Waals surface area (Å²) in [6.07, 6.45) is 1.87. The van der Waals surface area contributed by atoms with Gasteiger partial charge in [-0.15, -0.1) is 0 Å². The first-order valence-corrected chi connectivity index (χ1v) is 7.49. The SMILES string of the molecule is CCCCC(CC)CNC(=O)Nc1cccc(C(F)F)c1. The molecule has 1 aromatic rings. The number of hydrogen-bond acceptors (Lipinski definition) is 1. The summed E-state index contributed by atoms with van der Waals surface area (Å²) >= 11 is 0. The van der Waals surface area contributed by atoms with Gasteiger partial charge < -0.3 is 10.6 Å². The highest BCUT2D eigenvalue weighted by molar-refractivity contribution is 5.89. The number of benzene rings is 1. The lowest BCUT2D eigenvalue weighted by molar-refractivity contribution is 0.151. The quantitative estimate of drug-likeness (QED) is 0.699. The summed E-state index contributed by atoms with van der Waals surface area (Å²) in [6, 6.07) is 5.38. The third kappa shape index (κ3) is 6.56. The average molecular weight is 298 g/mol. The Bertz CT molecular complexity index is 438. The molecule has 5 heteroatoms. The van der Waals surface area contributed by atoms with Gasteiger partial charge in [0.25, 0.3) is 6.43 Å². The number of urea groups is 1. The van der Waals surface area contributed by atoms with Gasteiger partial charge in [-0.25, -0.2) is 13.6 Å². The molecule has 0 aliphatic heterocycles. The Morgan fingerprint density at radius 2 is 2.05 bits per heavy atom. The van der Waals surface area contributed by atoms with Gasteiger partial charge in [0.1, 0.15) is 0 Å². The van der Waals surface area contributed by atoms with Gasteiger partial charge in [-0.3, -0.25) is 0 Å². The van der Waals surface area contributed by atoms with E-state index in [4.69, 9.17) is 0 Å². The van der Waals surface area contributed by atoms with Crippen molar-refractivity contribution >= 4 is 11.7 Å². The number of carbonyl (C=O) groups excluding carboxylic acids is 1. The first kappa shape index (κ1) is 17.4. The van der Waals surface area contributed by atoms with E-state index in [1.807, 2.05) is 0 Å². The van der Waals surface area contributed by atoms with Gasteiger partial charge in [0.05, 0.1) is 0 Å². The zero-order valence-electron chi connectivity index (χ0n) is 12.7. The lowest BCUT2D eigenvalue weighted by Crippen LogP contribution is -2.33. The second kappa shape index (κ2) is 9.32. The highest BCUT2D eigenvalue weighted by atomic mass is 19.3. The minimum Gasteiger partial charge on any atom is -0.338 e. The molecule has 1 aromatic carbocycles. The molecular formula is C16H24F2N2O. The monoisotopic (exact) mass is 298 g/mol. The molecular weight excluding hydrogens is 274 g/mol. The molecule has 0 saturated carbocycles. The Morgan fingerprint density at radius 3 is 2.67 bits per heavy atom. The minimum absolute atomic E-state index is 0.0952. The van der Waals surface area contributed by atoms with Crippen molar-refractivity contribution in [3.05, 3.63) is 29.8 Å². The van der Waals surface area contributed by atoms with Crippen LogP contribution in [0, 0.1) is 5.92 Å². The second-order valence-electron chi connectivity index (χ2n) is 5.18. The molecule has 0 aromatic heterocycles. The Labute approximate surface area is 125 Å². The van der Waals surface area contributed by atoms with Gasteiger partial charge >= 0.3 is 6.03 Å². The number of anilines is 1. The van der Waals surface area contributed by atoms with E-state index in [0.717, 1.165) is 25.7 Å². The number of hydrogen-bond donors (Lipinski definition) is 2. The fourth-order valence-corrected chi connectivity index (χ4v) is 2.11. The Hall–Kier alpha value is -1.65. The van der Waals surface area contributed by atoms with Crippen molar-refractivity contribution in [2.45, 2.75) is 46.0 Å². The number of unbranched alkanes of at least 4 members (excludes halogenated alkanes) is 1. The highest BCUT2D eigenvalue weighted by Gasteiger charge is 2.10. The molecule has 0 fully saturated rings. The van der Waals surface area contributed by atoms with Crippen LogP contribution in [0.25, 0.3) is 0 Å². The molecule has 21 heavy (non-hydrogen) atoms. The summed E-state index contributed by atoms with van der Waals surface area (Å²) in [5.41, 5.74) is 0.286. The standard InChI is InChI=1S/C16H24F2N2O/c1-3-5-7-12(4-2)11-19-16(21)20-14-9-6-8-13(10-14)15(17)18/h6,8-10,12,15H,3-5,7,11H2,1-2H3,(H2,19,20,21). The smallest absolute Gasteiger partial charge is 0.319 e. The van der Waals surface area contributed by atoms with Crippen LogP contribution in [0.5, 0.6) is 0 Å². The molecule has 0 aliphatic carbocycles. The van der Waals surface area contributed by atoms with E-state index in [-0.39, 0.29) is 11.6 Å². The Morgan fingerprint density at radius 1 is 1.29 bits per heavy atom. The van der Waals surface area contributed by atoms with E-state index in [1.165, 1.54) is 18.2 Å². The molecule has 2 N–H and O–H groups in total. The van der Waals surface area contributed by atoms with E-state index in [9.17, 15) is 13.6 Å². The number of nitrogens with one attached hydrogen (secondary N) is 2. The van der Waals surface area contributed by atoms with Crippen LogP contribution < -0.4 is 10.6 Å². The molecule has 0 heterocycles. The van der Waals surface area contributed by atoms with Crippen molar-refractivity contribution < 1.29 is 13.6 Å². The first-order valence-electron chi connectivity index (χ1n) is 7.49. The maximum atomic E-state index is 12.6. The second-order valence-corrected chi connectivity index (χ2v) is 5.18. The zero-order chi connectivity index (χ0) is 15.7. The van der Waals surface area contributed by atoms with Crippen molar-refractivity contribution in [1.29, 1.82) is 0 Å². The van der Waals surface area contributed by atoms with Crippen LogP contribution in [0.1, 0.15) is 51.5 Å². The number of carbonyl (C=O) groups is 1. The predicted molar refractivity (Wildman–Crippen MR) is 81.7 cm³/mol. The number of halogens is 2. The maximum Gasteiger partial charge on any atom is 0.319 e. The molecule has 0 radical (unpaired) electrons. The molecule has 118 valence electrons. The summed E-state index contributed by atoms with van der Waals surface area (Å²) < 4.78 is 25.1. The lowest BCUT2D eigenvalue weighted by Gasteiger charge is -2.15. The van der Waals surface area contributed by atoms with Crippen LogP contribution in [0.3, 0.4) is 0 Å². The fourth-order valence-electron chi connectivity index (χ4n) is 2.11. The number of alkyl halides is 2. The summed E-state index contributed by atoms with van der Waals surface area (Å²) in [4.78, 5) is 11.8.